The second kappa shape index (κ2) is 8.78. The van der Waals surface area contributed by atoms with Gasteiger partial charge in [0.05, 0.1) is 0 Å². The number of benzene rings is 2. The number of hydrogen-bond donors (Lipinski definition) is 0. The van der Waals surface area contributed by atoms with Crippen molar-refractivity contribution in [2.75, 3.05) is 0 Å². The Morgan fingerprint density at radius 2 is 1.19 bits per heavy atom. The van der Waals surface area contributed by atoms with Crippen molar-refractivity contribution in [1.29, 1.82) is 0 Å². The zero-order valence-electron chi connectivity index (χ0n) is 15.2. The van der Waals surface area contributed by atoms with Crippen molar-refractivity contribution in [1.82, 2.24) is 0 Å². The van der Waals surface area contributed by atoms with Crippen molar-refractivity contribution >= 4 is 49.3 Å². The van der Waals surface area contributed by atoms with Crippen molar-refractivity contribution < 1.29 is 24.5 Å². The summed E-state index contributed by atoms with van der Waals surface area (Å²) in [6.45, 7) is 3.10. The summed E-state index contributed by atoms with van der Waals surface area (Å²) in [5.74, 6) is 0. The van der Waals surface area contributed by atoms with Gasteiger partial charge in [-0.15, -0.1) is 24.8 Å². The Morgan fingerprint density at radius 3 is 1.56 bits per heavy atom. The van der Waals surface area contributed by atoms with Crippen molar-refractivity contribution in [2.24, 2.45) is 0 Å². The van der Waals surface area contributed by atoms with Crippen LogP contribution in [0.5, 0.6) is 0 Å². The summed E-state index contributed by atoms with van der Waals surface area (Å²) in [6, 6.07) is 16.7. The van der Waals surface area contributed by atoms with Crippen molar-refractivity contribution in [3.63, 3.8) is 0 Å². The van der Waals surface area contributed by atoms with Crippen LogP contribution in [0.25, 0.3) is 12.2 Å². The van der Waals surface area contributed by atoms with Crippen LogP contribution in [-0.4, -0.2) is 6.66 Å². The predicted octanol–water partition coefficient (Wildman–Crippen LogP) is 6.59. The zero-order chi connectivity index (χ0) is 17.6. The molecule has 0 spiro atoms. The van der Waals surface area contributed by atoms with E-state index in [1.54, 1.807) is 0 Å². The molecule has 0 aliphatic heterocycles. The van der Waals surface area contributed by atoms with E-state index in [-0.39, 0.29) is 33.3 Å². The van der Waals surface area contributed by atoms with Gasteiger partial charge in [-0.25, -0.2) is 0 Å². The third-order valence-corrected chi connectivity index (χ3v) is 38.9. The third-order valence-electron chi connectivity index (χ3n) is 5.84. The van der Waals surface area contributed by atoms with Gasteiger partial charge in [-0.05, 0) is 0 Å². The normalized spacial score (nSPS) is 21.0. The summed E-state index contributed by atoms with van der Waals surface area (Å²) in [5, 5.41) is 0. The molecule has 0 amide bonds. The minimum Gasteiger partial charge on any atom is -0.147 e. The van der Waals surface area contributed by atoms with Crippen LogP contribution in [0.3, 0.4) is 0 Å². The fourth-order valence-electron chi connectivity index (χ4n) is 4.66. The summed E-state index contributed by atoms with van der Waals surface area (Å²) in [4.78, 5) is 0. The van der Waals surface area contributed by atoms with Crippen LogP contribution in [0.15, 0.2) is 60.7 Å². The molecule has 0 fully saturated rings. The van der Waals surface area contributed by atoms with E-state index in [1.807, 2.05) is 24.3 Å². The molecule has 0 radical (unpaired) electrons. The van der Waals surface area contributed by atoms with Gasteiger partial charge in [0.2, 0.25) is 0 Å². The van der Waals surface area contributed by atoms with Gasteiger partial charge in [-0.1, -0.05) is 0 Å². The molecule has 27 heavy (non-hydrogen) atoms. The first kappa shape index (κ1) is 22.6. The Kier molecular flexibility index (Phi) is 7.35. The number of rotatable bonds is 4. The average Bonchev–Trinajstić information content (AvgIpc) is 3.21. The first-order chi connectivity index (χ1) is 12.1. The number of fused-ring (bicyclic) bond motifs is 2. The molecule has 2 aliphatic rings. The second-order valence-corrected chi connectivity index (χ2v) is 31.0. The first-order valence-corrected chi connectivity index (χ1v) is 19.4. The number of halogens is 2. The monoisotopic (exact) mass is 472 g/mol. The zero-order valence-corrected chi connectivity index (χ0v) is 20.5. The predicted molar refractivity (Wildman–Crippen MR) is 118 cm³/mol. The topological polar surface area (TPSA) is 34.1 Å². The van der Waals surface area contributed by atoms with E-state index in [0.29, 0.717) is 0 Å². The van der Waals surface area contributed by atoms with Crippen LogP contribution in [-0.2, 0) is 24.5 Å². The quantitative estimate of drug-likeness (QED) is 0.371. The molecule has 7 heteroatoms. The van der Waals surface area contributed by atoms with Crippen LogP contribution in [0.4, 0.5) is 0 Å². The summed E-state index contributed by atoms with van der Waals surface area (Å²) >= 11 is -3.34. The molecule has 2 atom stereocenters. The maximum atomic E-state index is 12.9. The molecule has 0 aromatic heterocycles. The molecule has 2 aromatic rings. The van der Waals surface area contributed by atoms with Gasteiger partial charge in [0, 0.05) is 0 Å². The van der Waals surface area contributed by atoms with Gasteiger partial charge in [0.15, 0.2) is 0 Å². The van der Waals surface area contributed by atoms with Gasteiger partial charge in [-0.3, -0.25) is 0 Å². The van der Waals surface area contributed by atoms with Gasteiger partial charge >= 0.3 is 153 Å². The maximum absolute atomic E-state index is 12.9. The Bertz CT molecular complexity index is 902. The molecule has 2 aromatic carbocycles. The molecule has 142 valence electrons. The summed E-state index contributed by atoms with van der Waals surface area (Å²) < 4.78 is 26.1. The minimum atomic E-state index is -3.34. The Balaban J connectivity index is 0.00000131. The maximum Gasteiger partial charge on any atom is -0.147 e. The van der Waals surface area contributed by atoms with Crippen LogP contribution in [0.2, 0.25) is 13.1 Å². The first-order valence-electron chi connectivity index (χ1n) is 8.75. The van der Waals surface area contributed by atoms with Crippen LogP contribution in [0.1, 0.15) is 30.7 Å². The van der Waals surface area contributed by atoms with Crippen LogP contribution >= 0.6 is 30.5 Å². The van der Waals surface area contributed by atoms with Crippen molar-refractivity contribution in [2.45, 2.75) is 21.5 Å². The summed E-state index contributed by atoms with van der Waals surface area (Å²) in [6.07, 6.45) is 8.69. The summed E-state index contributed by atoms with van der Waals surface area (Å²) in [7, 11) is 0. The molecular weight excluding hydrogens is 450 g/mol. The molecule has 0 saturated carbocycles. The van der Waals surface area contributed by atoms with E-state index >= 15 is 0 Å². The smallest absolute Gasteiger partial charge is 0.147 e. The van der Waals surface area contributed by atoms with E-state index in [9.17, 15) is 9.13 Å². The van der Waals surface area contributed by atoms with E-state index in [2.05, 4.69) is 61.7 Å². The van der Waals surface area contributed by atoms with E-state index in [0.717, 1.165) is 0 Å². The molecule has 4 rings (SSSR count). The van der Waals surface area contributed by atoms with Crippen LogP contribution < -0.4 is 0 Å². The Labute approximate surface area is 177 Å². The van der Waals surface area contributed by atoms with Gasteiger partial charge in [-0.2, -0.15) is 0 Å². The Hall–Kier alpha value is -0.669. The van der Waals surface area contributed by atoms with Gasteiger partial charge < -0.3 is 0 Å². The SMILES string of the molecule is C[SiH](C)[Ti]([CH]1C=Cc2ccccc21)([CH]1C=Cc2ccccc21)[P](=O)=O.Cl.Cl. The van der Waals surface area contributed by atoms with Crippen molar-refractivity contribution in [3.8, 4) is 0 Å². The molecule has 2 unspecified atom stereocenters. The largest absolute Gasteiger partial charge is 0.147 e. The Morgan fingerprint density at radius 1 is 0.778 bits per heavy atom. The molecule has 0 heterocycles. The average molecular weight is 473 g/mol. The van der Waals surface area contributed by atoms with E-state index in [1.165, 1.54) is 22.3 Å². The fourth-order valence-corrected chi connectivity index (χ4v) is 31.5. The molecule has 2 nitrogen and oxygen atoms in total. The van der Waals surface area contributed by atoms with Gasteiger partial charge in [0.1, 0.15) is 0 Å². The second-order valence-electron chi connectivity index (χ2n) is 7.23. The van der Waals surface area contributed by atoms with Crippen LogP contribution in [0, 0.1) is 0 Å². The number of allylic oxidation sites excluding steroid dienone is 2. The molecule has 0 bridgehead atoms. The fraction of sp³-hybridized carbons (Fsp3) is 0.200. The number of hydrogen-bond acceptors (Lipinski definition) is 2. The standard InChI is InChI=1S/2C9H7.C2H7Si.2ClH.O2P.Ti/c2*1-2-5-9-7-3-6-8(9)4-1;1-3-2;;;1-3-2;/h2*1-7H;3H,1-2H3;2*1H;;. The molecule has 0 saturated heterocycles. The summed E-state index contributed by atoms with van der Waals surface area (Å²) in [5.41, 5.74) is 2.46. The van der Waals surface area contributed by atoms with E-state index in [4.69, 9.17) is 0 Å². The molecular formula is C20H23Cl2O2PSiTi. The van der Waals surface area contributed by atoms with Gasteiger partial charge in [0.25, 0.3) is 0 Å². The van der Waals surface area contributed by atoms with Crippen molar-refractivity contribution in [3.05, 3.63) is 82.9 Å². The molecule has 0 N–H and O–H groups in total. The minimum absolute atomic E-state index is 0. The third kappa shape index (κ3) is 3.44. The van der Waals surface area contributed by atoms with E-state index < -0.39 is 27.7 Å². The molecule has 2 aliphatic carbocycles.